The molecule has 0 saturated heterocycles. The molecule has 27 heavy (non-hydrogen) atoms. The largest absolute Gasteiger partial charge is 0.389 e. The minimum absolute atomic E-state index is 0.168. The van der Waals surface area contributed by atoms with Gasteiger partial charge in [-0.3, -0.25) is 0 Å². The maximum Gasteiger partial charge on any atom is 0.127 e. The van der Waals surface area contributed by atoms with Gasteiger partial charge in [0.2, 0.25) is 0 Å². The molecule has 2 nitrogen and oxygen atoms in total. The molecule has 0 aliphatic heterocycles. The highest BCUT2D eigenvalue weighted by molar-refractivity contribution is 5.45. The highest BCUT2D eigenvalue weighted by Gasteiger charge is 2.54. The van der Waals surface area contributed by atoms with Crippen LogP contribution in [0.5, 0.6) is 0 Å². The van der Waals surface area contributed by atoms with Crippen molar-refractivity contribution < 1.29 is 9.50 Å². The molecule has 0 amide bonds. The van der Waals surface area contributed by atoms with Gasteiger partial charge < -0.3 is 10.4 Å². The average Bonchev–Trinajstić information content (AvgIpc) is 2.88. The van der Waals surface area contributed by atoms with Gasteiger partial charge in [-0.25, -0.2) is 4.39 Å². The van der Waals surface area contributed by atoms with Gasteiger partial charge in [-0.05, 0) is 75.8 Å². The molecule has 1 saturated carbocycles. The van der Waals surface area contributed by atoms with Gasteiger partial charge in [0.15, 0.2) is 0 Å². The van der Waals surface area contributed by atoms with Crippen LogP contribution in [0.15, 0.2) is 53.1 Å². The molecule has 0 spiro atoms. The summed E-state index contributed by atoms with van der Waals surface area (Å²) in [5, 5.41) is 14.7. The predicted octanol–water partition coefficient (Wildman–Crippen LogP) is 5.23. The molecule has 146 valence electrons. The zero-order chi connectivity index (χ0) is 19.7. The number of halogens is 1. The lowest BCUT2D eigenvalue weighted by atomic mass is 9.65. The van der Waals surface area contributed by atoms with Gasteiger partial charge in [-0.15, -0.1) is 0 Å². The van der Waals surface area contributed by atoms with Gasteiger partial charge >= 0.3 is 0 Å². The van der Waals surface area contributed by atoms with E-state index in [1.165, 1.54) is 22.8 Å². The number of fused-ring (bicyclic) bond motifs is 1. The highest BCUT2D eigenvalue weighted by Crippen LogP contribution is 2.57. The van der Waals surface area contributed by atoms with Crippen LogP contribution in [0.25, 0.3) is 0 Å². The number of aryl methyl sites for hydroxylation is 1. The van der Waals surface area contributed by atoms with E-state index in [-0.39, 0.29) is 11.2 Å². The summed E-state index contributed by atoms with van der Waals surface area (Å²) in [6.45, 7) is 6.92. The summed E-state index contributed by atoms with van der Waals surface area (Å²) in [5.41, 5.74) is 4.71. The third-order valence-electron chi connectivity index (χ3n) is 6.73. The van der Waals surface area contributed by atoms with Crippen LogP contribution in [-0.4, -0.2) is 17.8 Å². The molecular formula is C24H32FNO. The summed E-state index contributed by atoms with van der Waals surface area (Å²) in [5.74, 6) is -0.168. The van der Waals surface area contributed by atoms with Gasteiger partial charge in [0.05, 0.1) is 5.60 Å². The molecule has 1 fully saturated rings. The van der Waals surface area contributed by atoms with E-state index >= 15 is 0 Å². The van der Waals surface area contributed by atoms with Crippen molar-refractivity contribution in [3.8, 4) is 0 Å². The van der Waals surface area contributed by atoms with Crippen molar-refractivity contribution in [2.45, 2.75) is 65.0 Å². The molecule has 2 aliphatic rings. The molecule has 2 atom stereocenters. The number of benzene rings is 1. The summed E-state index contributed by atoms with van der Waals surface area (Å²) >= 11 is 0. The molecule has 1 aromatic carbocycles. The molecule has 3 heteroatoms. The molecule has 0 radical (unpaired) electrons. The normalized spacial score (nSPS) is 28.0. The fourth-order valence-corrected chi connectivity index (χ4v) is 4.92. The van der Waals surface area contributed by atoms with Crippen molar-refractivity contribution in [1.29, 1.82) is 0 Å². The van der Waals surface area contributed by atoms with Crippen LogP contribution < -0.4 is 5.32 Å². The van der Waals surface area contributed by atoms with Crippen molar-refractivity contribution in [3.05, 3.63) is 70.1 Å². The SMILES string of the molecule is C/C=C\C1=C(C)C=C2CCC(O)(CCc3cccc(F)c3CNC)C2(C)C1. The Morgan fingerprint density at radius 3 is 2.81 bits per heavy atom. The Morgan fingerprint density at radius 1 is 1.33 bits per heavy atom. The van der Waals surface area contributed by atoms with E-state index < -0.39 is 5.60 Å². The standard InChI is InChI=1S/C24H32FNO/c1-5-7-19-15-23(3)20(14-17(19)2)11-13-24(23,27)12-10-18-8-6-9-22(25)21(18)16-26-4/h5-9,14,26-27H,10-13,15-16H2,1-4H3/b7-5-. The first kappa shape index (κ1) is 20.0. The summed E-state index contributed by atoms with van der Waals surface area (Å²) in [6, 6.07) is 5.27. The first-order chi connectivity index (χ1) is 12.8. The molecule has 2 N–H and O–H groups in total. The second kappa shape index (κ2) is 7.73. The zero-order valence-corrected chi connectivity index (χ0v) is 17.0. The topological polar surface area (TPSA) is 32.3 Å². The molecule has 3 rings (SSSR count). The second-order valence-corrected chi connectivity index (χ2v) is 8.33. The quantitative estimate of drug-likeness (QED) is 0.719. The molecule has 0 bridgehead atoms. The van der Waals surface area contributed by atoms with Crippen molar-refractivity contribution in [1.82, 2.24) is 5.32 Å². The van der Waals surface area contributed by atoms with Gasteiger partial charge in [-0.2, -0.15) is 0 Å². The molecule has 2 aliphatic carbocycles. The van der Waals surface area contributed by atoms with Crippen LogP contribution in [-0.2, 0) is 13.0 Å². The minimum Gasteiger partial charge on any atom is -0.389 e. The van der Waals surface area contributed by atoms with E-state index in [0.29, 0.717) is 19.4 Å². The van der Waals surface area contributed by atoms with E-state index in [4.69, 9.17) is 0 Å². The van der Waals surface area contributed by atoms with Crippen LogP contribution in [0.1, 0.15) is 57.6 Å². The summed E-state index contributed by atoms with van der Waals surface area (Å²) in [6.07, 6.45) is 10.5. The second-order valence-electron chi connectivity index (χ2n) is 8.33. The Labute approximate surface area is 162 Å². The van der Waals surface area contributed by atoms with Crippen molar-refractivity contribution >= 4 is 0 Å². The van der Waals surface area contributed by atoms with Crippen molar-refractivity contribution in [2.75, 3.05) is 7.05 Å². The smallest absolute Gasteiger partial charge is 0.127 e. The lowest BCUT2D eigenvalue weighted by Crippen LogP contribution is -2.44. The monoisotopic (exact) mass is 369 g/mol. The number of aliphatic hydroxyl groups is 1. The van der Waals surface area contributed by atoms with Gasteiger partial charge in [0.25, 0.3) is 0 Å². The van der Waals surface area contributed by atoms with E-state index in [1.54, 1.807) is 6.07 Å². The minimum atomic E-state index is -0.754. The number of hydrogen-bond acceptors (Lipinski definition) is 2. The summed E-state index contributed by atoms with van der Waals surface area (Å²) in [4.78, 5) is 0. The van der Waals surface area contributed by atoms with E-state index in [2.05, 4.69) is 37.4 Å². The van der Waals surface area contributed by atoms with Crippen LogP contribution in [0.3, 0.4) is 0 Å². The lowest BCUT2D eigenvalue weighted by molar-refractivity contribution is -0.0462. The van der Waals surface area contributed by atoms with Crippen molar-refractivity contribution in [3.63, 3.8) is 0 Å². The van der Waals surface area contributed by atoms with Crippen LogP contribution in [0, 0.1) is 11.2 Å². The maximum absolute atomic E-state index is 14.2. The summed E-state index contributed by atoms with van der Waals surface area (Å²) < 4.78 is 14.2. The molecule has 2 unspecified atom stereocenters. The number of rotatable bonds is 6. The van der Waals surface area contributed by atoms with Gasteiger partial charge in [0, 0.05) is 17.5 Å². The average molecular weight is 370 g/mol. The third kappa shape index (κ3) is 3.55. The fourth-order valence-electron chi connectivity index (χ4n) is 4.92. The molecule has 0 aromatic heterocycles. The molecule has 1 aromatic rings. The first-order valence-electron chi connectivity index (χ1n) is 10.0. The summed E-state index contributed by atoms with van der Waals surface area (Å²) in [7, 11) is 1.83. The third-order valence-corrected chi connectivity index (χ3v) is 6.73. The first-order valence-corrected chi connectivity index (χ1v) is 10.0. The Bertz CT molecular complexity index is 807. The molecular weight excluding hydrogens is 337 g/mol. The van der Waals surface area contributed by atoms with Crippen LogP contribution in [0.4, 0.5) is 4.39 Å². The van der Waals surface area contributed by atoms with E-state index in [1.807, 2.05) is 20.0 Å². The van der Waals surface area contributed by atoms with Crippen LogP contribution in [0.2, 0.25) is 0 Å². The number of nitrogens with one attached hydrogen (secondary N) is 1. The number of hydrogen-bond donors (Lipinski definition) is 2. The van der Waals surface area contributed by atoms with E-state index in [0.717, 1.165) is 30.4 Å². The Morgan fingerprint density at radius 2 is 2.11 bits per heavy atom. The Balaban J connectivity index is 1.85. The fraction of sp³-hybridized carbons (Fsp3) is 0.500. The Kier molecular flexibility index (Phi) is 5.73. The van der Waals surface area contributed by atoms with E-state index in [9.17, 15) is 9.50 Å². The predicted molar refractivity (Wildman–Crippen MR) is 110 cm³/mol. The maximum atomic E-state index is 14.2. The highest BCUT2D eigenvalue weighted by atomic mass is 19.1. The molecule has 0 heterocycles. The van der Waals surface area contributed by atoms with Gasteiger partial charge in [0.1, 0.15) is 5.82 Å². The van der Waals surface area contributed by atoms with Crippen LogP contribution >= 0.6 is 0 Å². The zero-order valence-electron chi connectivity index (χ0n) is 17.0. The number of allylic oxidation sites excluding steroid dienone is 5. The Hall–Kier alpha value is -1.71. The lowest BCUT2D eigenvalue weighted by Gasteiger charge is -2.43. The van der Waals surface area contributed by atoms with Crippen molar-refractivity contribution in [2.24, 2.45) is 5.41 Å². The van der Waals surface area contributed by atoms with Gasteiger partial charge in [-0.1, -0.05) is 42.9 Å².